The molecule has 0 saturated heterocycles. The molecular formula is C45H36N4. The molecule has 49 heavy (non-hydrogen) atoms. The monoisotopic (exact) mass is 632 g/mol. The van der Waals surface area contributed by atoms with Gasteiger partial charge in [-0.3, -0.25) is 5.84 Å². The van der Waals surface area contributed by atoms with Gasteiger partial charge in [0.05, 0.1) is 11.4 Å². The molecule has 4 heteroatoms. The maximum absolute atomic E-state index is 5.56. The van der Waals surface area contributed by atoms with Crippen molar-refractivity contribution in [2.45, 2.75) is 6.54 Å². The lowest BCUT2D eigenvalue weighted by Gasteiger charge is -2.14. The van der Waals surface area contributed by atoms with Gasteiger partial charge in [0.25, 0.3) is 0 Å². The molecule has 5 N–H and O–H groups in total. The van der Waals surface area contributed by atoms with Crippen LogP contribution >= 0.6 is 0 Å². The van der Waals surface area contributed by atoms with Crippen molar-refractivity contribution < 1.29 is 0 Å². The first-order valence-electron chi connectivity index (χ1n) is 16.6. The number of nitrogen functional groups attached to an aromatic ring is 1. The summed E-state index contributed by atoms with van der Waals surface area (Å²) in [4.78, 5) is 0. The Hall–Kier alpha value is -6.36. The van der Waals surface area contributed by atoms with Crippen LogP contribution < -0.4 is 21.9 Å². The number of rotatable bonds is 9. The Bertz CT molecular complexity index is 2380. The molecule has 0 aromatic heterocycles. The van der Waals surface area contributed by atoms with Crippen molar-refractivity contribution in [1.82, 2.24) is 0 Å². The Morgan fingerprint density at radius 1 is 0.408 bits per heavy atom. The van der Waals surface area contributed by atoms with Gasteiger partial charge < -0.3 is 16.1 Å². The molecule has 4 nitrogen and oxygen atoms in total. The second-order valence-corrected chi connectivity index (χ2v) is 12.3. The molecule has 0 atom stereocenters. The summed E-state index contributed by atoms with van der Waals surface area (Å²) < 4.78 is 0. The van der Waals surface area contributed by atoms with Gasteiger partial charge in [-0.05, 0) is 109 Å². The minimum Gasteiger partial charge on any atom is -0.379 e. The van der Waals surface area contributed by atoms with E-state index in [1.807, 2.05) is 30.3 Å². The van der Waals surface area contributed by atoms with Crippen LogP contribution in [0, 0.1) is 0 Å². The molecule has 0 heterocycles. The number of nitrogens with two attached hydrogens (primary N) is 1. The predicted molar refractivity (Wildman–Crippen MR) is 209 cm³/mol. The molecule has 8 aromatic carbocycles. The smallest absolute Gasteiger partial charge is 0.0620 e. The Morgan fingerprint density at radius 3 is 1.53 bits per heavy atom. The first-order valence-corrected chi connectivity index (χ1v) is 16.6. The lowest BCUT2D eigenvalue weighted by Crippen LogP contribution is -2.05. The highest BCUT2D eigenvalue weighted by molar-refractivity contribution is 6.07. The number of anilines is 4. The van der Waals surface area contributed by atoms with Crippen molar-refractivity contribution in [2.24, 2.45) is 5.84 Å². The predicted octanol–water partition coefficient (Wildman–Crippen LogP) is 11.6. The van der Waals surface area contributed by atoms with Crippen molar-refractivity contribution in [3.05, 3.63) is 181 Å². The molecule has 0 spiro atoms. The Kier molecular flexibility index (Phi) is 8.21. The molecule has 0 bridgehead atoms. The zero-order chi connectivity index (χ0) is 33.0. The Labute approximate surface area is 286 Å². The van der Waals surface area contributed by atoms with Crippen LogP contribution in [-0.2, 0) is 6.54 Å². The van der Waals surface area contributed by atoms with Gasteiger partial charge in [-0.15, -0.1) is 0 Å². The van der Waals surface area contributed by atoms with Gasteiger partial charge in [-0.25, -0.2) is 0 Å². The van der Waals surface area contributed by atoms with Gasteiger partial charge >= 0.3 is 0 Å². The summed E-state index contributed by atoms with van der Waals surface area (Å²) in [6, 6.07) is 62.4. The highest BCUT2D eigenvalue weighted by atomic mass is 15.2. The third kappa shape index (κ3) is 6.33. The summed E-state index contributed by atoms with van der Waals surface area (Å²) in [6.45, 7) is 0.736. The summed E-state index contributed by atoms with van der Waals surface area (Å²) in [7, 11) is 0. The quantitative estimate of drug-likeness (QED) is 0.0944. The number of hydrogen-bond acceptors (Lipinski definition) is 4. The number of benzene rings is 8. The summed E-state index contributed by atoms with van der Waals surface area (Å²) in [5, 5.41) is 12.1. The molecule has 0 fully saturated rings. The second-order valence-electron chi connectivity index (χ2n) is 12.3. The number of para-hydroxylation sites is 3. The van der Waals surface area contributed by atoms with Crippen molar-refractivity contribution in [2.75, 3.05) is 16.1 Å². The van der Waals surface area contributed by atoms with Crippen LogP contribution in [0.4, 0.5) is 22.7 Å². The molecule has 0 radical (unpaired) electrons. The molecule has 0 amide bonds. The average molecular weight is 633 g/mol. The van der Waals surface area contributed by atoms with Crippen LogP contribution in [0.25, 0.3) is 54.9 Å². The number of hydrogen-bond donors (Lipinski definition) is 4. The largest absolute Gasteiger partial charge is 0.379 e. The lowest BCUT2D eigenvalue weighted by atomic mass is 9.91. The van der Waals surface area contributed by atoms with Gasteiger partial charge in [0.15, 0.2) is 0 Å². The van der Waals surface area contributed by atoms with Gasteiger partial charge in [0, 0.05) is 17.9 Å². The molecular weight excluding hydrogens is 597 g/mol. The van der Waals surface area contributed by atoms with Gasteiger partial charge in [0.1, 0.15) is 0 Å². The SMILES string of the molecule is NNc1ccc(-c2ccc3c(-c4cccc5cc(-c6ccc(CNc7ccccc7Nc7ccccc7)cc6)ccc45)cccc3c2)cc1. The van der Waals surface area contributed by atoms with Gasteiger partial charge in [0.2, 0.25) is 0 Å². The van der Waals surface area contributed by atoms with E-state index in [0.29, 0.717) is 0 Å². The fourth-order valence-electron chi connectivity index (χ4n) is 6.59. The molecule has 8 rings (SSSR count). The first-order chi connectivity index (χ1) is 24.2. The molecule has 236 valence electrons. The topological polar surface area (TPSA) is 62.1 Å². The van der Waals surface area contributed by atoms with Crippen LogP contribution in [0.2, 0.25) is 0 Å². The van der Waals surface area contributed by atoms with Gasteiger partial charge in [-0.2, -0.15) is 0 Å². The molecule has 0 unspecified atom stereocenters. The highest BCUT2D eigenvalue weighted by Gasteiger charge is 2.11. The maximum atomic E-state index is 5.56. The van der Waals surface area contributed by atoms with E-state index in [0.717, 1.165) is 34.9 Å². The first kappa shape index (κ1) is 30.0. The molecule has 0 aliphatic heterocycles. The van der Waals surface area contributed by atoms with Gasteiger partial charge in [-0.1, -0.05) is 127 Å². The van der Waals surface area contributed by atoms with Crippen LogP contribution in [0.3, 0.4) is 0 Å². The second kappa shape index (κ2) is 13.4. The lowest BCUT2D eigenvalue weighted by molar-refractivity contribution is 1.15. The third-order valence-electron chi connectivity index (χ3n) is 9.19. The minimum atomic E-state index is 0.736. The van der Waals surface area contributed by atoms with E-state index in [-0.39, 0.29) is 0 Å². The van der Waals surface area contributed by atoms with E-state index in [2.05, 4.69) is 162 Å². The average Bonchev–Trinajstić information content (AvgIpc) is 3.17. The number of hydrazine groups is 1. The van der Waals surface area contributed by atoms with Crippen molar-refractivity contribution in [3.63, 3.8) is 0 Å². The summed E-state index contributed by atoms with van der Waals surface area (Å²) >= 11 is 0. The summed E-state index contributed by atoms with van der Waals surface area (Å²) in [5.74, 6) is 5.56. The third-order valence-corrected chi connectivity index (χ3v) is 9.19. The Balaban J connectivity index is 1.02. The van der Waals surface area contributed by atoms with Crippen molar-refractivity contribution in [1.29, 1.82) is 0 Å². The summed E-state index contributed by atoms with van der Waals surface area (Å²) in [6.07, 6.45) is 0. The molecule has 0 saturated carbocycles. The van der Waals surface area contributed by atoms with E-state index in [4.69, 9.17) is 5.84 Å². The van der Waals surface area contributed by atoms with E-state index < -0.39 is 0 Å². The van der Waals surface area contributed by atoms with Crippen LogP contribution in [-0.4, -0.2) is 0 Å². The molecule has 0 aliphatic carbocycles. The number of nitrogens with one attached hydrogen (secondary N) is 3. The Morgan fingerprint density at radius 2 is 0.939 bits per heavy atom. The highest BCUT2D eigenvalue weighted by Crippen LogP contribution is 2.37. The van der Waals surface area contributed by atoms with E-state index in [1.165, 1.54) is 54.9 Å². The van der Waals surface area contributed by atoms with Crippen LogP contribution in [0.15, 0.2) is 176 Å². The van der Waals surface area contributed by atoms with E-state index in [1.54, 1.807) is 0 Å². The zero-order valence-corrected chi connectivity index (χ0v) is 27.0. The van der Waals surface area contributed by atoms with Crippen molar-refractivity contribution in [3.8, 4) is 33.4 Å². The fourth-order valence-corrected chi connectivity index (χ4v) is 6.59. The molecule has 8 aromatic rings. The van der Waals surface area contributed by atoms with Crippen LogP contribution in [0.1, 0.15) is 5.56 Å². The zero-order valence-electron chi connectivity index (χ0n) is 27.0. The normalized spacial score (nSPS) is 11.0. The van der Waals surface area contributed by atoms with E-state index >= 15 is 0 Å². The summed E-state index contributed by atoms with van der Waals surface area (Å²) in [5.41, 5.74) is 15.3. The maximum Gasteiger partial charge on any atom is 0.0620 e. The number of fused-ring (bicyclic) bond motifs is 2. The minimum absolute atomic E-state index is 0.736. The fraction of sp³-hybridized carbons (Fsp3) is 0.0222. The molecule has 0 aliphatic rings. The van der Waals surface area contributed by atoms with Crippen molar-refractivity contribution >= 4 is 44.3 Å². The van der Waals surface area contributed by atoms with E-state index in [9.17, 15) is 0 Å². The standard InChI is InChI=1S/C45H36N4/c46-49-39-24-20-33(21-25-39)35-23-27-41-37(29-35)9-7-13-43(41)42-12-6-8-36-28-34(22-26-40(36)42)32-18-16-31(17-19-32)30-47-44-14-4-5-15-45(44)48-38-10-2-1-3-11-38/h1-29,47-49H,30,46H2. The van der Waals surface area contributed by atoms with Crippen LogP contribution in [0.5, 0.6) is 0 Å².